The van der Waals surface area contributed by atoms with Gasteiger partial charge in [-0.25, -0.2) is 8.42 Å². The average molecular weight is 737 g/mol. The Morgan fingerprint density at radius 1 is 0.962 bits per heavy atom. The van der Waals surface area contributed by atoms with Crippen LogP contribution < -0.4 is 14.9 Å². The molecular weight excluding hydrogens is 690 g/mol. The van der Waals surface area contributed by atoms with Crippen LogP contribution in [0.1, 0.15) is 63.4 Å². The van der Waals surface area contributed by atoms with Crippen molar-refractivity contribution >= 4 is 27.3 Å². The minimum atomic E-state index is -4.50. The number of sulfonamides is 1. The highest BCUT2D eigenvalue weighted by Gasteiger charge is 2.38. The van der Waals surface area contributed by atoms with Gasteiger partial charge in [0.15, 0.2) is 0 Å². The van der Waals surface area contributed by atoms with Gasteiger partial charge in [-0.15, -0.1) is 0 Å². The van der Waals surface area contributed by atoms with Gasteiger partial charge in [0.1, 0.15) is 5.75 Å². The third-order valence-electron chi connectivity index (χ3n) is 10.2. The fourth-order valence-electron chi connectivity index (χ4n) is 7.12. The Labute approximate surface area is 304 Å². The maximum Gasteiger partial charge on any atom is 0.416 e. The van der Waals surface area contributed by atoms with Crippen LogP contribution in [0.4, 0.5) is 24.5 Å². The number of para-hydroxylation sites is 1. The first-order chi connectivity index (χ1) is 24.5. The van der Waals surface area contributed by atoms with Crippen LogP contribution in [-0.4, -0.2) is 69.9 Å². The van der Waals surface area contributed by atoms with E-state index >= 15 is 0 Å². The molecule has 1 unspecified atom stereocenters. The molecule has 0 saturated carbocycles. The van der Waals surface area contributed by atoms with Crippen LogP contribution >= 0.6 is 0 Å². The average Bonchev–Trinajstić information content (AvgIpc) is 3.09. The molecule has 1 heterocycles. The molecule has 52 heavy (non-hydrogen) atoms. The molecule has 1 amide bonds. The molecule has 0 aliphatic carbocycles. The van der Waals surface area contributed by atoms with Gasteiger partial charge in [0, 0.05) is 36.8 Å². The highest BCUT2D eigenvalue weighted by atomic mass is 32.2. The van der Waals surface area contributed by atoms with Crippen molar-refractivity contribution in [2.24, 2.45) is 0 Å². The molecule has 1 aliphatic rings. The molecule has 0 aromatic heterocycles. The second-order valence-corrected chi connectivity index (χ2v) is 15.8. The van der Waals surface area contributed by atoms with E-state index in [-0.39, 0.29) is 29.3 Å². The normalized spacial score (nSPS) is 15.3. The lowest BCUT2D eigenvalue weighted by atomic mass is 9.80. The lowest BCUT2D eigenvalue weighted by molar-refractivity contribution is -0.137. The van der Waals surface area contributed by atoms with Crippen LogP contribution in [0.5, 0.6) is 5.75 Å². The van der Waals surface area contributed by atoms with Crippen molar-refractivity contribution in [3.8, 4) is 5.75 Å². The maximum atomic E-state index is 14.1. The standard InChI is InChI=1S/C40H47F3N4O4S/c1-28-24-31(17-19-35(28)45-52(4,50)51)32(27-44-38(49)34-12-8-9-13-37(34)48)15-14-30-16-18-33(40(41,42)43)25-36(30)47-22-20-39(21-23-47,46(2)3)26-29-10-6-5-7-11-29/h5-13,16-19,24-25,32,45,48H,14-15,20-23,26-27H2,1-4H3,(H,44,49). The number of nitrogens with zero attached hydrogens (tertiary/aromatic N) is 2. The molecule has 3 N–H and O–H groups in total. The zero-order valence-electron chi connectivity index (χ0n) is 30.0. The van der Waals surface area contributed by atoms with Crippen LogP contribution in [0.3, 0.4) is 0 Å². The Kier molecular flexibility index (Phi) is 11.9. The van der Waals surface area contributed by atoms with E-state index in [0.717, 1.165) is 42.7 Å². The monoisotopic (exact) mass is 736 g/mol. The third kappa shape index (κ3) is 9.65. The minimum absolute atomic E-state index is 0.126. The Balaban J connectivity index is 1.41. The van der Waals surface area contributed by atoms with E-state index in [1.165, 1.54) is 23.8 Å². The van der Waals surface area contributed by atoms with Gasteiger partial charge in [-0.1, -0.05) is 60.7 Å². The van der Waals surface area contributed by atoms with E-state index < -0.39 is 27.7 Å². The van der Waals surface area contributed by atoms with Gasteiger partial charge in [0.2, 0.25) is 10.0 Å². The Morgan fingerprint density at radius 2 is 1.63 bits per heavy atom. The number of benzene rings is 4. The molecule has 12 heteroatoms. The zero-order chi connectivity index (χ0) is 37.7. The number of rotatable bonds is 13. The summed E-state index contributed by atoms with van der Waals surface area (Å²) in [5.41, 5.74) is 3.80. The van der Waals surface area contributed by atoms with E-state index in [9.17, 15) is 31.5 Å². The lowest BCUT2D eigenvalue weighted by Gasteiger charge is -2.47. The molecular formula is C40H47F3N4O4S. The molecule has 278 valence electrons. The number of anilines is 2. The Bertz CT molecular complexity index is 1960. The lowest BCUT2D eigenvalue weighted by Crippen LogP contribution is -2.54. The largest absolute Gasteiger partial charge is 0.507 e. The molecule has 1 atom stereocenters. The smallest absolute Gasteiger partial charge is 0.416 e. The summed E-state index contributed by atoms with van der Waals surface area (Å²) in [6.45, 7) is 3.14. The second kappa shape index (κ2) is 16.0. The van der Waals surface area contributed by atoms with Gasteiger partial charge < -0.3 is 20.2 Å². The number of halogens is 3. The summed E-state index contributed by atoms with van der Waals surface area (Å²) < 4.78 is 68.5. The van der Waals surface area contributed by atoms with Crippen molar-refractivity contribution in [2.45, 2.75) is 56.7 Å². The van der Waals surface area contributed by atoms with Crippen LogP contribution in [0.25, 0.3) is 0 Å². The van der Waals surface area contributed by atoms with Crippen LogP contribution in [0.2, 0.25) is 0 Å². The molecule has 0 bridgehead atoms. The molecule has 4 aromatic carbocycles. The highest BCUT2D eigenvalue weighted by molar-refractivity contribution is 7.92. The molecule has 0 radical (unpaired) electrons. The molecule has 1 fully saturated rings. The first-order valence-corrected chi connectivity index (χ1v) is 19.2. The summed E-state index contributed by atoms with van der Waals surface area (Å²) in [5, 5.41) is 13.2. The van der Waals surface area contributed by atoms with Crippen molar-refractivity contribution in [1.29, 1.82) is 0 Å². The number of hydrogen-bond acceptors (Lipinski definition) is 6. The summed E-state index contributed by atoms with van der Waals surface area (Å²) in [6.07, 6.45) is -0.134. The number of nitrogens with one attached hydrogen (secondary N) is 2. The number of phenols is 1. The van der Waals surface area contributed by atoms with E-state index in [4.69, 9.17) is 0 Å². The van der Waals surface area contributed by atoms with Gasteiger partial charge in [-0.2, -0.15) is 13.2 Å². The predicted octanol–water partition coefficient (Wildman–Crippen LogP) is 7.38. The first-order valence-electron chi connectivity index (χ1n) is 17.4. The van der Waals surface area contributed by atoms with Crippen LogP contribution in [0.15, 0.2) is 91.0 Å². The number of hydrogen-bond donors (Lipinski definition) is 3. The summed E-state index contributed by atoms with van der Waals surface area (Å²) in [6, 6.07) is 25.8. The van der Waals surface area contributed by atoms with Crippen LogP contribution in [0, 0.1) is 6.92 Å². The second-order valence-electron chi connectivity index (χ2n) is 14.0. The molecule has 8 nitrogen and oxygen atoms in total. The van der Waals surface area contributed by atoms with Gasteiger partial charge >= 0.3 is 6.18 Å². The van der Waals surface area contributed by atoms with E-state index in [1.54, 1.807) is 37.3 Å². The number of likely N-dealkylation sites (N-methyl/N-ethyl adjacent to an activating group) is 1. The van der Waals surface area contributed by atoms with E-state index in [0.29, 0.717) is 42.9 Å². The van der Waals surface area contributed by atoms with Gasteiger partial charge in [-0.05, 0) is 106 Å². The number of amides is 1. The highest BCUT2D eigenvalue weighted by Crippen LogP contribution is 2.39. The summed E-state index contributed by atoms with van der Waals surface area (Å²) in [4.78, 5) is 17.4. The summed E-state index contributed by atoms with van der Waals surface area (Å²) in [7, 11) is 0.623. The van der Waals surface area contributed by atoms with Crippen LogP contribution in [-0.2, 0) is 29.0 Å². The van der Waals surface area contributed by atoms with E-state index in [2.05, 4.69) is 46.1 Å². The number of aryl methyl sites for hydroxylation is 2. The third-order valence-corrected chi connectivity index (χ3v) is 10.8. The van der Waals surface area contributed by atoms with Crippen molar-refractivity contribution < 1.29 is 31.5 Å². The van der Waals surface area contributed by atoms with Gasteiger partial charge in [0.05, 0.1) is 23.1 Å². The fraction of sp³-hybridized carbons (Fsp3) is 0.375. The van der Waals surface area contributed by atoms with Crippen molar-refractivity contribution in [3.05, 3.63) is 124 Å². The number of alkyl halides is 3. The SMILES string of the molecule is Cc1cc(C(CCc2ccc(C(F)(F)F)cc2N2CCC(Cc3ccccc3)(N(C)C)CC2)CNC(=O)c2ccccc2O)ccc1NS(C)(=O)=O. The number of carbonyl (C=O) groups excluding carboxylic acids is 1. The minimum Gasteiger partial charge on any atom is -0.507 e. The summed E-state index contributed by atoms with van der Waals surface area (Å²) >= 11 is 0. The zero-order valence-corrected chi connectivity index (χ0v) is 30.8. The fourth-order valence-corrected chi connectivity index (χ4v) is 7.74. The van der Waals surface area contributed by atoms with E-state index in [1.807, 2.05) is 24.3 Å². The molecule has 4 aromatic rings. The quantitative estimate of drug-likeness (QED) is 0.133. The molecule has 5 rings (SSSR count). The molecule has 1 saturated heterocycles. The first kappa shape index (κ1) is 38.7. The topological polar surface area (TPSA) is 102 Å². The predicted molar refractivity (Wildman–Crippen MR) is 201 cm³/mol. The molecule has 0 spiro atoms. The summed E-state index contributed by atoms with van der Waals surface area (Å²) in [5.74, 6) is -0.898. The number of carbonyl (C=O) groups is 1. The Hall–Kier alpha value is -4.55. The van der Waals surface area contributed by atoms with Gasteiger partial charge in [0.25, 0.3) is 5.91 Å². The van der Waals surface area contributed by atoms with Crippen molar-refractivity contribution in [3.63, 3.8) is 0 Å². The van der Waals surface area contributed by atoms with Crippen molar-refractivity contribution in [2.75, 3.05) is 49.6 Å². The number of piperidine rings is 1. The van der Waals surface area contributed by atoms with Gasteiger partial charge in [-0.3, -0.25) is 9.52 Å². The number of aromatic hydroxyl groups is 1. The van der Waals surface area contributed by atoms with Crippen molar-refractivity contribution in [1.82, 2.24) is 10.2 Å². The molecule has 1 aliphatic heterocycles. The Morgan fingerprint density at radius 3 is 2.25 bits per heavy atom. The number of phenolic OH excluding ortho intramolecular Hbond substituents is 1. The maximum absolute atomic E-state index is 14.1.